The first kappa shape index (κ1) is 23.9. The SMILES string of the molecule is O=C(NC(CC(F)(F)F)C(=O)N1CSC[C@H]1C(=O)O)OCC1c2ccccc2-c2ccccc21. The molecular weight excluding hydrogens is 473 g/mol. The third-order valence-electron chi connectivity index (χ3n) is 5.82. The largest absolute Gasteiger partial charge is 0.480 e. The number of aliphatic carboxylic acids is 1. The van der Waals surface area contributed by atoms with E-state index in [1.807, 2.05) is 53.8 Å². The number of carboxylic acids is 1. The van der Waals surface area contributed by atoms with Gasteiger partial charge in [-0.3, -0.25) is 4.79 Å². The fourth-order valence-electron chi connectivity index (χ4n) is 4.28. The Morgan fingerprint density at radius 3 is 2.24 bits per heavy atom. The fraction of sp³-hybridized carbons (Fsp3) is 0.348. The maximum atomic E-state index is 13.1. The van der Waals surface area contributed by atoms with Gasteiger partial charge in [-0.05, 0) is 22.3 Å². The second-order valence-electron chi connectivity index (χ2n) is 8.00. The summed E-state index contributed by atoms with van der Waals surface area (Å²) in [6.07, 6.45) is -7.57. The molecule has 0 spiro atoms. The molecule has 0 aromatic heterocycles. The maximum Gasteiger partial charge on any atom is 0.407 e. The van der Waals surface area contributed by atoms with Crippen molar-refractivity contribution < 1.29 is 37.4 Å². The van der Waals surface area contributed by atoms with Gasteiger partial charge in [0.25, 0.3) is 0 Å². The minimum Gasteiger partial charge on any atom is -0.480 e. The summed E-state index contributed by atoms with van der Waals surface area (Å²) in [5.74, 6) is -2.74. The van der Waals surface area contributed by atoms with Crippen molar-refractivity contribution >= 4 is 29.7 Å². The van der Waals surface area contributed by atoms with Crippen LogP contribution in [0.5, 0.6) is 0 Å². The van der Waals surface area contributed by atoms with E-state index in [1.54, 1.807) is 0 Å². The van der Waals surface area contributed by atoms with Crippen LogP contribution in [0.25, 0.3) is 11.1 Å². The van der Waals surface area contributed by atoms with E-state index in [0.29, 0.717) is 0 Å². The molecule has 4 rings (SSSR count). The summed E-state index contributed by atoms with van der Waals surface area (Å²) < 4.78 is 44.7. The lowest BCUT2D eigenvalue weighted by Crippen LogP contribution is -2.53. The first-order valence-corrected chi connectivity index (χ1v) is 11.6. The van der Waals surface area contributed by atoms with Gasteiger partial charge < -0.3 is 20.1 Å². The molecule has 1 aliphatic heterocycles. The number of alkyl carbamates (subject to hydrolysis) is 1. The quantitative estimate of drug-likeness (QED) is 0.634. The van der Waals surface area contributed by atoms with E-state index in [2.05, 4.69) is 0 Å². The van der Waals surface area contributed by atoms with Crippen LogP contribution in [0.1, 0.15) is 23.5 Å². The van der Waals surface area contributed by atoms with Gasteiger partial charge in [0.2, 0.25) is 5.91 Å². The minimum atomic E-state index is -4.76. The normalized spacial score (nSPS) is 18.2. The highest BCUT2D eigenvalue weighted by Crippen LogP contribution is 2.44. The highest BCUT2D eigenvalue weighted by atomic mass is 32.2. The number of carbonyl (C=O) groups excluding carboxylic acids is 2. The second kappa shape index (κ2) is 9.57. The molecule has 2 atom stereocenters. The number of thioether (sulfide) groups is 1. The molecule has 2 aromatic rings. The number of hydrogen-bond acceptors (Lipinski definition) is 5. The number of amides is 2. The van der Waals surface area contributed by atoms with Crippen LogP contribution in [0, 0.1) is 0 Å². The first-order chi connectivity index (χ1) is 16.2. The molecule has 1 saturated heterocycles. The molecule has 2 N–H and O–H groups in total. The Morgan fingerprint density at radius 1 is 1.09 bits per heavy atom. The lowest BCUT2D eigenvalue weighted by Gasteiger charge is -2.27. The summed E-state index contributed by atoms with van der Waals surface area (Å²) in [5, 5.41) is 11.3. The number of nitrogens with one attached hydrogen (secondary N) is 1. The first-order valence-electron chi connectivity index (χ1n) is 10.4. The molecule has 11 heteroatoms. The van der Waals surface area contributed by atoms with Crippen molar-refractivity contribution in [2.75, 3.05) is 18.2 Å². The van der Waals surface area contributed by atoms with Crippen LogP contribution >= 0.6 is 11.8 Å². The second-order valence-corrected chi connectivity index (χ2v) is 9.00. The lowest BCUT2D eigenvalue weighted by molar-refractivity contribution is -0.157. The maximum absolute atomic E-state index is 13.1. The summed E-state index contributed by atoms with van der Waals surface area (Å²) >= 11 is 1.11. The number of fused-ring (bicyclic) bond motifs is 3. The third-order valence-corrected chi connectivity index (χ3v) is 6.83. The molecule has 180 valence electrons. The molecule has 1 unspecified atom stereocenters. The topological polar surface area (TPSA) is 95.9 Å². The van der Waals surface area contributed by atoms with Gasteiger partial charge >= 0.3 is 18.2 Å². The molecule has 0 saturated carbocycles. The number of ether oxygens (including phenoxy) is 1. The van der Waals surface area contributed by atoms with Crippen molar-refractivity contribution in [2.45, 2.75) is 30.6 Å². The highest BCUT2D eigenvalue weighted by molar-refractivity contribution is 7.99. The smallest absolute Gasteiger partial charge is 0.407 e. The summed E-state index contributed by atoms with van der Waals surface area (Å²) in [7, 11) is 0. The Balaban J connectivity index is 1.46. The average molecular weight is 494 g/mol. The molecule has 34 heavy (non-hydrogen) atoms. The lowest BCUT2D eigenvalue weighted by atomic mass is 9.98. The Labute approximate surface area is 197 Å². The monoisotopic (exact) mass is 494 g/mol. The molecule has 2 aliphatic rings. The molecular formula is C23H21F3N2O5S. The van der Waals surface area contributed by atoms with Crippen LogP contribution in [0.15, 0.2) is 48.5 Å². The van der Waals surface area contributed by atoms with E-state index in [9.17, 15) is 32.7 Å². The third kappa shape index (κ3) is 4.98. The van der Waals surface area contributed by atoms with Crippen molar-refractivity contribution in [1.29, 1.82) is 0 Å². The Hall–Kier alpha value is -3.21. The predicted octanol–water partition coefficient (Wildman–Crippen LogP) is 3.83. The van der Waals surface area contributed by atoms with E-state index in [4.69, 9.17) is 4.74 Å². The average Bonchev–Trinajstić information content (AvgIpc) is 3.39. The van der Waals surface area contributed by atoms with Gasteiger partial charge in [0.05, 0.1) is 12.3 Å². The number of hydrogen-bond donors (Lipinski definition) is 2. The minimum absolute atomic E-state index is 0.0603. The van der Waals surface area contributed by atoms with E-state index in [1.165, 1.54) is 0 Å². The highest BCUT2D eigenvalue weighted by Gasteiger charge is 2.43. The van der Waals surface area contributed by atoms with E-state index in [0.717, 1.165) is 38.9 Å². The van der Waals surface area contributed by atoms with Gasteiger partial charge in [-0.15, -0.1) is 11.8 Å². The molecule has 7 nitrogen and oxygen atoms in total. The van der Waals surface area contributed by atoms with E-state index >= 15 is 0 Å². The molecule has 1 fully saturated rings. The van der Waals surface area contributed by atoms with Gasteiger partial charge in [-0.25, -0.2) is 9.59 Å². The molecule has 0 radical (unpaired) electrons. The zero-order chi connectivity index (χ0) is 24.5. The van der Waals surface area contributed by atoms with Crippen molar-refractivity contribution in [2.24, 2.45) is 0 Å². The molecule has 0 bridgehead atoms. The fourth-order valence-corrected chi connectivity index (χ4v) is 5.43. The molecule has 1 aliphatic carbocycles. The Bertz CT molecular complexity index is 1060. The van der Waals surface area contributed by atoms with Crippen LogP contribution in [-0.2, 0) is 14.3 Å². The van der Waals surface area contributed by atoms with Gasteiger partial charge in [0.1, 0.15) is 18.7 Å². The van der Waals surface area contributed by atoms with Crippen molar-refractivity contribution in [3.8, 4) is 11.1 Å². The van der Waals surface area contributed by atoms with E-state index < -0.39 is 42.7 Å². The summed E-state index contributed by atoms with van der Waals surface area (Å²) in [5.41, 5.74) is 3.84. The van der Waals surface area contributed by atoms with Crippen molar-refractivity contribution in [3.05, 3.63) is 59.7 Å². The zero-order valence-corrected chi connectivity index (χ0v) is 18.6. The Kier molecular flexibility index (Phi) is 6.74. The number of nitrogens with zero attached hydrogens (tertiary/aromatic N) is 1. The van der Waals surface area contributed by atoms with Crippen molar-refractivity contribution in [1.82, 2.24) is 10.2 Å². The number of benzene rings is 2. The number of halogens is 3. The standard InChI is InChI=1S/C23H21F3N2O5S/c24-23(25,26)9-18(20(29)28-12-34-11-19(28)21(30)31)27-22(32)33-10-17-15-7-3-1-5-13(15)14-6-2-4-8-16(14)17/h1-8,17-19H,9-12H2,(H,27,32)(H,30,31)/t18?,19-/m0/s1. The van der Waals surface area contributed by atoms with Crippen LogP contribution in [0.2, 0.25) is 0 Å². The van der Waals surface area contributed by atoms with Gasteiger partial charge in [0, 0.05) is 11.7 Å². The van der Waals surface area contributed by atoms with Crippen LogP contribution in [0.3, 0.4) is 0 Å². The predicted molar refractivity (Wildman–Crippen MR) is 118 cm³/mol. The van der Waals surface area contributed by atoms with Gasteiger partial charge in [-0.1, -0.05) is 48.5 Å². The summed E-state index contributed by atoms with van der Waals surface area (Å²) in [6.45, 7) is -0.135. The zero-order valence-electron chi connectivity index (χ0n) is 17.7. The Morgan fingerprint density at radius 2 is 1.68 bits per heavy atom. The number of carbonyl (C=O) groups is 3. The molecule has 2 amide bonds. The van der Waals surface area contributed by atoms with Crippen LogP contribution < -0.4 is 5.32 Å². The van der Waals surface area contributed by atoms with E-state index in [-0.39, 0.29) is 24.2 Å². The number of alkyl halides is 3. The number of rotatable bonds is 6. The summed E-state index contributed by atoms with van der Waals surface area (Å²) in [4.78, 5) is 37.4. The summed E-state index contributed by atoms with van der Waals surface area (Å²) in [6, 6.07) is 11.9. The van der Waals surface area contributed by atoms with Gasteiger partial charge in [-0.2, -0.15) is 13.2 Å². The van der Waals surface area contributed by atoms with Crippen LogP contribution in [0.4, 0.5) is 18.0 Å². The van der Waals surface area contributed by atoms with Crippen LogP contribution in [-0.4, -0.2) is 64.5 Å². The molecule has 2 aromatic carbocycles. The van der Waals surface area contributed by atoms with Gasteiger partial charge in [0.15, 0.2) is 0 Å². The molecule has 1 heterocycles. The van der Waals surface area contributed by atoms with Crippen molar-refractivity contribution in [3.63, 3.8) is 0 Å². The number of carboxylic acid groups (broad SMARTS) is 1.